The van der Waals surface area contributed by atoms with Crippen LogP contribution in [-0.4, -0.2) is 32.8 Å². The van der Waals surface area contributed by atoms with Crippen molar-refractivity contribution in [3.8, 4) is 5.69 Å². The normalized spacial score (nSPS) is 14.5. The fourth-order valence-electron chi connectivity index (χ4n) is 3.20. The smallest absolute Gasteiger partial charge is 0.229 e. The second-order valence-electron chi connectivity index (χ2n) is 6.30. The van der Waals surface area contributed by atoms with Gasteiger partial charge < -0.3 is 10.2 Å². The quantitative estimate of drug-likeness (QED) is 0.776. The lowest BCUT2D eigenvalue weighted by Gasteiger charge is -2.28. The number of aromatic nitrogens is 4. The fourth-order valence-corrected chi connectivity index (χ4v) is 3.20. The minimum absolute atomic E-state index is 0.708. The number of rotatable bonds is 5. The monoisotopic (exact) mass is 334 g/mol. The molecule has 0 bridgehead atoms. The van der Waals surface area contributed by atoms with Gasteiger partial charge >= 0.3 is 0 Å². The van der Waals surface area contributed by atoms with Crippen LogP contribution in [-0.2, 0) is 6.54 Å². The van der Waals surface area contributed by atoms with Gasteiger partial charge in [-0.25, -0.2) is 0 Å². The van der Waals surface area contributed by atoms with Crippen LogP contribution in [0.25, 0.3) is 5.69 Å². The summed E-state index contributed by atoms with van der Waals surface area (Å²) in [6, 6.07) is 12.7. The van der Waals surface area contributed by atoms with Gasteiger partial charge in [-0.05, 0) is 49.1 Å². The Balaban J connectivity index is 1.41. The molecule has 1 fully saturated rings. The summed E-state index contributed by atoms with van der Waals surface area (Å²) in [5.74, 6) is 0.716. The van der Waals surface area contributed by atoms with Crippen molar-refractivity contribution in [2.24, 2.45) is 0 Å². The van der Waals surface area contributed by atoms with Crippen LogP contribution in [0.1, 0.15) is 24.8 Å². The number of hydrogen-bond acceptors (Lipinski definition) is 5. The van der Waals surface area contributed by atoms with Crippen LogP contribution in [0.4, 0.5) is 11.6 Å². The van der Waals surface area contributed by atoms with Gasteiger partial charge in [-0.15, -0.1) is 10.2 Å². The number of piperidine rings is 1. The molecule has 0 spiro atoms. The second-order valence-corrected chi connectivity index (χ2v) is 6.30. The van der Waals surface area contributed by atoms with E-state index < -0.39 is 0 Å². The van der Waals surface area contributed by atoms with Crippen LogP contribution in [0.3, 0.4) is 0 Å². The SMILES string of the molecule is c1cncc(-n2cnnc2NCc2ccc(N3CCCCC3)cc2)c1. The first-order valence-corrected chi connectivity index (χ1v) is 8.78. The molecule has 0 amide bonds. The average Bonchev–Trinajstić information content (AvgIpc) is 3.17. The third-order valence-corrected chi connectivity index (χ3v) is 4.58. The number of nitrogens with one attached hydrogen (secondary N) is 1. The molecule has 1 aliphatic heterocycles. The molecule has 0 radical (unpaired) electrons. The van der Waals surface area contributed by atoms with Gasteiger partial charge in [0.15, 0.2) is 0 Å². The zero-order chi connectivity index (χ0) is 16.9. The molecule has 0 saturated carbocycles. The predicted octanol–water partition coefficient (Wildman–Crippen LogP) is 3.26. The summed E-state index contributed by atoms with van der Waals surface area (Å²) >= 11 is 0. The van der Waals surface area contributed by atoms with Crippen LogP contribution < -0.4 is 10.2 Å². The van der Waals surface area contributed by atoms with Gasteiger partial charge in [-0.1, -0.05) is 12.1 Å². The van der Waals surface area contributed by atoms with E-state index in [-0.39, 0.29) is 0 Å². The lowest BCUT2D eigenvalue weighted by atomic mass is 10.1. The molecule has 1 saturated heterocycles. The van der Waals surface area contributed by atoms with E-state index in [0.717, 1.165) is 5.69 Å². The summed E-state index contributed by atoms with van der Waals surface area (Å²) in [6.45, 7) is 3.05. The number of hydrogen-bond donors (Lipinski definition) is 1. The molecule has 4 rings (SSSR count). The van der Waals surface area contributed by atoms with E-state index in [1.807, 2.05) is 16.7 Å². The zero-order valence-electron chi connectivity index (χ0n) is 14.2. The molecule has 128 valence electrons. The van der Waals surface area contributed by atoms with Crippen LogP contribution in [0, 0.1) is 0 Å². The topological polar surface area (TPSA) is 58.9 Å². The Bertz CT molecular complexity index is 790. The lowest BCUT2D eigenvalue weighted by Crippen LogP contribution is -2.29. The van der Waals surface area contributed by atoms with Gasteiger partial charge in [0.25, 0.3) is 0 Å². The van der Waals surface area contributed by atoms with Crippen LogP contribution >= 0.6 is 0 Å². The van der Waals surface area contributed by atoms with E-state index in [9.17, 15) is 0 Å². The lowest BCUT2D eigenvalue weighted by molar-refractivity contribution is 0.578. The molecule has 6 nitrogen and oxygen atoms in total. The Hall–Kier alpha value is -2.89. The van der Waals surface area contributed by atoms with E-state index in [1.165, 1.54) is 43.6 Å². The van der Waals surface area contributed by atoms with Gasteiger partial charge in [-0.2, -0.15) is 0 Å². The Morgan fingerprint density at radius 2 is 1.80 bits per heavy atom. The summed E-state index contributed by atoms with van der Waals surface area (Å²) in [5.41, 5.74) is 3.49. The van der Waals surface area contributed by atoms with Crippen molar-refractivity contribution in [1.29, 1.82) is 0 Å². The minimum Gasteiger partial charge on any atom is -0.372 e. The van der Waals surface area contributed by atoms with Crippen LogP contribution in [0.2, 0.25) is 0 Å². The van der Waals surface area contributed by atoms with E-state index in [2.05, 4.69) is 49.7 Å². The Labute approximate surface area is 147 Å². The third kappa shape index (κ3) is 3.63. The molecule has 3 heterocycles. The van der Waals surface area contributed by atoms with E-state index >= 15 is 0 Å². The highest BCUT2D eigenvalue weighted by Gasteiger charge is 2.11. The van der Waals surface area contributed by atoms with E-state index in [1.54, 1.807) is 18.7 Å². The first-order chi connectivity index (χ1) is 12.4. The summed E-state index contributed by atoms with van der Waals surface area (Å²) in [7, 11) is 0. The number of nitrogens with zero attached hydrogens (tertiary/aromatic N) is 5. The maximum atomic E-state index is 4.16. The first-order valence-electron chi connectivity index (χ1n) is 8.78. The summed E-state index contributed by atoms with van der Waals surface area (Å²) in [6.07, 6.45) is 9.20. The summed E-state index contributed by atoms with van der Waals surface area (Å²) in [5, 5.41) is 11.5. The Kier molecular flexibility index (Phi) is 4.59. The molecule has 0 aliphatic carbocycles. The van der Waals surface area contributed by atoms with Crippen molar-refractivity contribution in [3.63, 3.8) is 0 Å². The van der Waals surface area contributed by atoms with E-state index in [4.69, 9.17) is 0 Å². The molecule has 1 aromatic carbocycles. The molecule has 0 atom stereocenters. The summed E-state index contributed by atoms with van der Waals surface area (Å²) < 4.78 is 1.90. The van der Waals surface area contributed by atoms with Crippen molar-refractivity contribution in [1.82, 2.24) is 19.7 Å². The van der Waals surface area contributed by atoms with Crippen LogP contribution in [0.15, 0.2) is 55.1 Å². The second kappa shape index (κ2) is 7.34. The minimum atomic E-state index is 0.708. The first kappa shape index (κ1) is 15.6. The van der Waals surface area contributed by atoms with Crippen molar-refractivity contribution in [2.75, 3.05) is 23.3 Å². The Morgan fingerprint density at radius 3 is 2.56 bits per heavy atom. The van der Waals surface area contributed by atoms with Gasteiger partial charge in [0.2, 0.25) is 5.95 Å². The van der Waals surface area contributed by atoms with Gasteiger partial charge in [-0.3, -0.25) is 9.55 Å². The fraction of sp³-hybridized carbons (Fsp3) is 0.316. The molecule has 2 aromatic heterocycles. The van der Waals surface area contributed by atoms with Gasteiger partial charge in [0, 0.05) is 31.5 Å². The molecular weight excluding hydrogens is 312 g/mol. The van der Waals surface area contributed by atoms with Crippen molar-refractivity contribution < 1.29 is 0 Å². The standard InChI is InChI=1S/C19H22N6/c1-2-11-24(12-3-1)17-8-6-16(7-9-17)13-21-19-23-22-15-25(19)18-5-4-10-20-14-18/h4-10,14-15H,1-3,11-13H2,(H,21,23). The molecular formula is C19H22N6. The highest BCUT2D eigenvalue weighted by Crippen LogP contribution is 2.20. The molecule has 25 heavy (non-hydrogen) atoms. The maximum Gasteiger partial charge on any atom is 0.229 e. The molecule has 1 N–H and O–H groups in total. The largest absolute Gasteiger partial charge is 0.372 e. The third-order valence-electron chi connectivity index (χ3n) is 4.58. The van der Waals surface area contributed by atoms with Crippen molar-refractivity contribution in [2.45, 2.75) is 25.8 Å². The van der Waals surface area contributed by atoms with Crippen molar-refractivity contribution in [3.05, 3.63) is 60.7 Å². The highest BCUT2D eigenvalue weighted by molar-refractivity contribution is 5.48. The molecule has 3 aromatic rings. The molecule has 1 aliphatic rings. The number of pyridine rings is 1. The number of anilines is 2. The summed E-state index contributed by atoms with van der Waals surface area (Å²) in [4.78, 5) is 6.62. The van der Waals surface area contributed by atoms with E-state index in [0.29, 0.717) is 12.5 Å². The van der Waals surface area contributed by atoms with Crippen LogP contribution in [0.5, 0.6) is 0 Å². The highest BCUT2D eigenvalue weighted by atomic mass is 15.3. The number of benzene rings is 1. The maximum absolute atomic E-state index is 4.16. The van der Waals surface area contributed by atoms with Gasteiger partial charge in [0.1, 0.15) is 6.33 Å². The zero-order valence-corrected chi connectivity index (χ0v) is 14.2. The van der Waals surface area contributed by atoms with Gasteiger partial charge in [0.05, 0.1) is 11.9 Å². The van der Waals surface area contributed by atoms with Crippen molar-refractivity contribution >= 4 is 11.6 Å². The average molecular weight is 334 g/mol. The molecule has 0 unspecified atom stereocenters. The molecule has 6 heteroatoms. The predicted molar refractivity (Wildman–Crippen MR) is 99.0 cm³/mol. The Morgan fingerprint density at radius 1 is 0.960 bits per heavy atom.